The first-order chi connectivity index (χ1) is 20.1. The Morgan fingerprint density at radius 3 is 1.24 bits per heavy atom. The van der Waals surface area contributed by atoms with Crippen molar-refractivity contribution in [3.8, 4) is 0 Å². The molecule has 6 rings (SSSR count). The van der Waals surface area contributed by atoms with Crippen LogP contribution in [0.2, 0.25) is 0 Å². The summed E-state index contributed by atoms with van der Waals surface area (Å²) < 4.78 is 2.13. The van der Waals surface area contributed by atoms with Crippen LogP contribution < -0.4 is 20.8 Å². The van der Waals surface area contributed by atoms with Crippen LogP contribution in [0.3, 0.4) is 0 Å². The summed E-state index contributed by atoms with van der Waals surface area (Å²) in [6.07, 6.45) is 0.952. The predicted octanol–water partition coefficient (Wildman–Crippen LogP) is 9.91. The van der Waals surface area contributed by atoms with Crippen LogP contribution in [-0.4, -0.2) is 0 Å². The SMILES string of the molecule is Brc1ccc(N(c2ccc(Br)cc2)c2cccc(C[PH](c3ccccc3)(c3ccccc3)c3ccccc3)c2)cc1. The van der Waals surface area contributed by atoms with Crippen molar-refractivity contribution in [3.05, 3.63) is 178 Å². The van der Waals surface area contributed by atoms with Crippen LogP contribution in [0.25, 0.3) is 0 Å². The van der Waals surface area contributed by atoms with E-state index in [9.17, 15) is 0 Å². The van der Waals surface area contributed by atoms with E-state index < -0.39 is 7.26 Å². The standard InChI is InChI=1S/C37H30Br2NP/c38-30-19-23-32(24-20-30)40(33-25-21-31(39)22-26-33)34-12-10-11-29(27-34)28-41(35-13-4-1-5-14-35,36-15-6-2-7-16-36)37-17-8-3-9-18-37/h1-27,41H,28H2. The Bertz CT molecular complexity index is 1560. The van der Waals surface area contributed by atoms with E-state index in [1.165, 1.54) is 21.5 Å². The number of hydrogen-bond acceptors (Lipinski definition) is 1. The molecule has 0 unspecified atom stereocenters. The average molecular weight is 679 g/mol. The van der Waals surface area contributed by atoms with E-state index >= 15 is 0 Å². The molecule has 41 heavy (non-hydrogen) atoms. The van der Waals surface area contributed by atoms with Crippen molar-refractivity contribution >= 4 is 72.1 Å². The van der Waals surface area contributed by atoms with Crippen molar-refractivity contribution in [3.63, 3.8) is 0 Å². The number of hydrogen-bond donors (Lipinski definition) is 0. The molecule has 1 nitrogen and oxygen atoms in total. The van der Waals surface area contributed by atoms with Crippen molar-refractivity contribution in [2.24, 2.45) is 0 Å². The van der Waals surface area contributed by atoms with Crippen molar-refractivity contribution in [2.45, 2.75) is 6.16 Å². The Morgan fingerprint density at radius 2 is 0.829 bits per heavy atom. The van der Waals surface area contributed by atoms with Gasteiger partial charge in [-0.1, -0.05) is 0 Å². The number of rotatable bonds is 8. The third kappa shape index (κ3) is 5.95. The van der Waals surface area contributed by atoms with E-state index in [1.54, 1.807) is 0 Å². The maximum atomic E-state index is 3.61. The normalized spacial score (nSPS) is 11.7. The van der Waals surface area contributed by atoms with Crippen LogP contribution in [0.1, 0.15) is 5.56 Å². The van der Waals surface area contributed by atoms with Gasteiger partial charge in [-0.15, -0.1) is 0 Å². The summed E-state index contributed by atoms with van der Waals surface area (Å²) >= 11 is 7.22. The summed E-state index contributed by atoms with van der Waals surface area (Å²) in [7, 11) is -2.43. The molecule has 0 aliphatic heterocycles. The van der Waals surface area contributed by atoms with Crippen LogP contribution in [0.15, 0.2) is 173 Å². The molecular formula is C37H30Br2NP. The number of halogens is 2. The Hall–Kier alpha value is -3.49. The zero-order chi connectivity index (χ0) is 28.1. The van der Waals surface area contributed by atoms with Crippen molar-refractivity contribution < 1.29 is 0 Å². The molecule has 0 fully saturated rings. The van der Waals surface area contributed by atoms with E-state index in [-0.39, 0.29) is 0 Å². The third-order valence-corrected chi connectivity index (χ3v) is 13.6. The molecule has 0 atom stereocenters. The summed E-state index contributed by atoms with van der Waals surface area (Å²) in [4.78, 5) is 2.33. The van der Waals surface area contributed by atoms with E-state index in [4.69, 9.17) is 0 Å². The fourth-order valence-corrected chi connectivity index (χ4v) is 11.0. The van der Waals surface area contributed by atoms with E-state index in [0.717, 1.165) is 32.2 Å². The molecule has 0 aromatic heterocycles. The molecule has 0 saturated heterocycles. The van der Waals surface area contributed by atoms with Crippen molar-refractivity contribution in [2.75, 3.05) is 4.90 Å². The molecule has 0 N–H and O–H groups in total. The summed E-state index contributed by atoms with van der Waals surface area (Å²) in [5, 5.41) is 4.25. The van der Waals surface area contributed by atoms with Gasteiger partial charge in [0.2, 0.25) is 0 Å². The monoisotopic (exact) mass is 677 g/mol. The summed E-state index contributed by atoms with van der Waals surface area (Å²) in [6.45, 7) is 0. The molecule has 6 aromatic carbocycles. The molecule has 0 aliphatic carbocycles. The summed E-state index contributed by atoms with van der Waals surface area (Å²) in [5.74, 6) is 0. The topological polar surface area (TPSA) is 3.24 Å². The van der Waals surface area contributed by atoms with Gasteiger partial charge in [0.05, 0.1) is 0 Å². The zero-order valence-corrected chi connectivity index (χ0v) is 26.7. The second kappa shape index (κ2) is 12.6. The average Bonchev–Trinajstić information content (AvgIpc) is 3.03. The number of nitrogens with zero attached hydrogens (tertiary/aromatic N) is 1. The van der Waals surface area contributed by atoms with Crippen LogP contribution in [0.5, 0.6) is 0 Å². The minimum atomic E-state index is -2.43. The Kier molecular flexibility index (Phi) is 8.49. The van der Waals surface area contributed by atoms with E-state index in [2.05, 4.69) is 201 Å². The molecule has 0 saturated carbocycles. The molecule has 0 radical (unpaired) electrons. The molecule has 0 amide bonds. The van der Waals surface area contributed by atoms with Gasteiger partial charge in [0.15, 0.2) is 0 Å². The van der Waals surface area contributed by atoms with Crippen LogP contribution >= 0.6 is 39.1 Å². The van der Waals surface area contributed by atoms with Gasteiger partial charge >= 0.3 is 261 Å². The molecular weight excluding hydrogens is 649 g/mol. The molecule has 0 spiro atoms. The van der Waals surface area contributed by atoms with Crippen molar-refractivity contribution in [1.82, 2.24) is 0 Å². The minimum absolute atomic E-state index is 0.952. The van der Waals surface area contributed by atoms with Crippen LogP contribution in [0.4, 0.5) is 17.1 Å². The predicted molar refractivity (Wildman–Crippen MR) is 187 cm³/mol. The van der Waals surface area contributed by atoms with Gasteiger partial charge in [-0.25, -0.2) is 0 Å². The van der Waals surface area contributed by atoms with Crippen LogP contribution in [0, 0.1) is 0 Å². The Balaban J connectivity index is 1.52. The van der Waals surface area contributed by atoms with Gasteiger partial charge < -0.3 is 0 Å². The number of benzene rings is 6. The Labute approximate surface area is 260 Å². The van der Waals surface area contributed by atoms with E-state index in [0.29, 0.717) is 0 Å². The zero-order valence-electron chi connectivity index (χ0n) is 22.5. The van der Waals surface area contributed by atoms with Gasteiger partial charge in [0, 0.05) is 0 Å². The summed E-state index contributed by atoms with van der Waals surface area (Å²) in [5.41, 5.74) is 4.70. The summed E-state index contributed by atoms with van der Waals surface area (Å²) in [6, 6.07) is 59.5. The first kappa shape index (κ1) is 27.7. The molecule has 0 heterocycles. The van der Waals surface area contributed by atoms with Gasteiger partial charge in [0.1, 0.15) is 0 Å². The first-order valence-electron chi connectivity index (χ1n) is 13.7. The molecule has 4 heteroatoms. The quantitative estimate of drug-likeness (QED) is 0.145. The number of anilines is 3. The van der Waals surface area contributed by atoms with Gasteiger partial charge in [0.25, 0.3) is 0 Å². The van der Waals surface area contributed by atoms with Gasteiger partial charge in [-0.05, 0) is 0 Å². The fourth-order valence-electron chi connectivity index (χ4n) is 5.71. The maximum absolute atomic E-state index is 3.61. The molecule has 202 valence electrons. The molecule has 0 aliphatic rings. The van der Waals surface area contributed by atoms with Crippen LogP contribution in [-0.2, 0) is 6.16 Å². The van der Waals surface area contributed by atoms with Gasteiger partial charge in [-0.2, -0.15) is 0 Å². The fraction of sp³-hybridized carbons (Fsp3) is 0.0270. The first-order valence-corrected chi connectivity index (χ1v) is 17.5. The van der Waals surface area contributed by atoms with E-state index in [1.807, 2.05) is 0 Å². The Morgan fingerprint density at radius 1 is 0.415 bits per heavy atom. The molecule has 0 bridgehead atoms. The second-order valence-electron chi connectivity index (χ2n) is 10.1. The molecule has 6 aromatic rings. The van der Waals surface area contributed by atoms with Gasteiger partial charge in [-0.3, -0.25) is 0 Å². The third-order valence-electron chi connectivity index (χ3n) is 7.61. The van der Waals surface area contributed by atoms with Crippen molar-refractivity contribution in [1.29, 1.82) is 0 Å². The second-order valence-corrected chi connectivity index (χ2v) is 15.9.